The number of nitrogens with zero attached hydrogens (tertiary/aromatic N) is 1. The fraction of sp³-hybridized carbons (Fsp3) is 0.647. The van der Waals surface area contributed by atoms with Crippen molar-refractivity contribution in [2.75, 3.05) is 40.4 Å². The molecule has 4 heteroatoms. The lowest BCUT2D eigenvalue weighted by molar-refractivity contribution is 0.196. The summed E-state index contributed by atoms with van der Waals surface area (Å²) < 4.78 is 10.8. The lowest BCUT2D eigenvalue weighted by atomic mass is 9.97. The summed E-state index contributed by atoms with van der Waals surface area (Å²) in [5.41, 5.74) is 7.19. The van der Waals surface area contributed by atoms with Crippen molar-refractivity contribution in [3.8, 4) is 11.5 Å². The minimum absolute atomic E-state index is 0.462. The van der Waals surface area contributed by atoms with E-state index in [2.05, 4.69) is 11.0 Å². The maximum absolute atomic E-state index is 6.00. The van der Waals surface area contributed by atoms with Crippen LogP contribution in [0, 0.1) is 5.92 Å². The summed E-state index contributed by atoms with van der Waals surface area (Å²) in [5.74, 6) is 2.26. The first kappa shape index (κ1) is 16.1. The SMILES string of the molecule is COc1ccc(OC)c(CC(CN)CN2CCCCC2)c1. The van der Waals surface area contributed by atoms with Crippen LogP contribution in [0.15, 0.2) is 18.2 Å². The van der Waals surface area contributed by atoms with Gasteiger partial charge in [0.25, 0.3) is 0 Å². The zero-order valence-electron chi connectivity index (χ0n) is 13.3. The van der Waals surface area contributed by atoms with Crippen molar-refractivity contribution in [1.29, 1.82) is 0 Å². The molecule has 1 atom stereocenters. The van der Waals surface area contributed by atoms with Gasteiger partial charge in [-0.1, -0.05) is 6.42 Å². The molecule has 0 aliphatic carbocycles. The van der Waals surface area contributed by atoms with Crippen molar-refractivity contribution >= 4 is 0 Å². The summed E-state index contributed by atoms with van der Waals surface area (Å²) in [6.45, 7) is 4.21. The van der Waals surface area contributed by atoms with Crippen LogP contribution in [-0.4, -0.2) is 45.3 Å². The molecule has 2 rings (SSSR count). The van der Waals surface area contributed by atoms with Crippen LogP contribution in [0.4, 0.5) is 0 Å². The average Bonchev–Trinajstić information content (AvgIpc) is 2.55. The molecule has 1 saturated heterocycles. The van der Waals surface area contributed by atoms with E-state index >= 15 is 0 Å². The van der Waals surface area contributed by atoms with Crippen molar-refractivity contribution in [2.45, 2.75) is 25.7 Å². The maximum Gasteiger partial charge on any atom is 0.122 e. The van der Waals surface area contributed by atoms with Gasteiger partial charge in [-0.2, -0.15) is 0 Å². The van der Waals surface area contributed by atoms with Crippen LogP contribution in [0.3, 0.4) is 0 Å². The highest BCUT2D eigenvalue weighted by Gasteiger charge is 2.17. The lowest BCUT2D eigenvalue weighted by Crippen LogP contribution is -2.37. The van der Waals surface area contributed by atoms with E-state index < -0.39 is 0 Å². The second-order valence-corrected chi connectivity index (χ2v) is 5.84. The van der Waals surface area contributed by atoms with Gasteiger partial charge in [-0.3, -0.25) is 0 Å². The molecule has 21 heavy (non-hydrogen) atoms. The van der Waals surface area contributed by atoms with Gasteiger partial charge < -0.3 is 20.1 Å². The standard InChI is InChI=1S/C17H28N2O2/c1-20-16-6-7-17(21-2)15(11-16)10-14(12-18)13-19-8-4-3-5-9-19/h6-7,11,14H,3-5,8-10,12-13,18H2,1-2H3. The Bertz CT molecular complexity index is 431. The molecule has 0 amide bonds. The number of benzene rings is 1. The molecule has 1 aromatic rings. The molecule has 0 radical (unpaired) electrons. The number of likely N-dealkylation sites (tertiary alicyclic amines) is 1. The van der Waals surface area contributed by atoms with E-state index in [-0.39, 0.29) is 0 Å². The van der Waals surface area contributed by atoms with Gasteiger partial charge in [0.15, 0.2) is 0 Å². The Morgan fingerprint density at radius 3 is 2.52 bits per heavy atom. The monoisotopic (exact) mass is 292 g/mol. The van der Waals surface area contributed by atoms with Crippen LogP contribution >= 0.6 is 0 Å². The fourth-order valence-electron chi connectivity index (χ4n) is 3.08. The Morgan fingerprint density at radius 2 is 1.90 bits per heavy atom. The number of piperidine rings is 1. The first-order valence-corrected chi connectivity index (χ1v) is 7.90. The number of rotatable bonds is 7. The minimum atomic E-state index is 0.462. The van der Waals surface area contributed by atoms with Crippen LogP contribution in [0.25, 0.3) is 0 Å². The van der Waals surface area contributed by atoms with Crippen molar-refractivity contribution < 1.29 is 9.47 Å². The van der Waals surface area contributed by atoms with Gasteiger partial charge in [-0.25, -0.2) is 0 Å². The number of methoxy groups -OCH3 is 2. The molecule has 1 fully saturated rings. The molecule has 0 saturated carbocycles. The third-order valence-corrected chi connectivity index (χ3v) is 4.29. The molecule has 118 valence electrons. The van der Waals surface area contributed by atoms with Gasteiger partial charge in [0, 0.05) is 6.54 Å². The van der Waals surface area contributed by atoms with E-state index in [0.717, 1.165) is 24.5 Å². The molecule has 1 heterocycles. The molecule has 1 aromatic carbocycles. The highest BCUT2D eigenvalue weighted by atomic mass is 16.5. The highest BCUT2D eigenvalue weighted by molar-refractivity contribution is 5.40. The summed E-state index contributed by atoms with van der Waals surface area (Å²) in [5, 5.41) is 0. The van der Waals surface area contributed by atoms with Crippen molar-refractivity contribution in [3.63, 3.8) is 0 Å². The van der Waals surface area contributed by atoms with Crippen LogP contribution in [-0.2, 0) is 6.42 Å². The molecule has 0 bridgehead atoms. The molecular weight excluding hydrogens is 264 g/mol. The molecule has 0 aromatic heterocycles. The van der Waals surface area contributed by atoms with E-state index in [9.17, 15) is 0 Å². The summed E-state index contributed by atoms with van der Waals surface area (Å²) in [6, 6.07) is 5.98. The molecule has 1 aliphatic heterocycles. The Morgan fingerprint density at radius 1 is 1.14 bits per heavy atom. The Labute approximate surface area is 128 Å². The van der Waals surface area contributed by atoms with Gasteiger partial charge in [-0.15, -0.1) is 0 Å². The summed E-state index contributed by atoms with van der Waals surface area (Å²) in [4.78, 5) is 2.55. The number of hydrogen-bond donors (Lipinski definition) is 1. The first-order valence-electron chi connectivity index (χ1n) is 7.90. The maximum atomic E-state index is 6.00. The predicted octanol–water partition coefficient (Wildman–Crippen LogP) is 2.31. The molecule has 0 spiro atoms. The van der Waals surface area contributed by atoms with Crippen LogP contribution in [0.2, 0.25) is 0 Å². The highest BCUT2D eigenvalue weighted by Crippen LogP contribution is 2.26. The van der Waals surface area contributed by atoms with E-state index in [1.807, 2.05) is 12.1 Å². The van der Waals surface area contributed by atoms with E-state index in [1.54, 1.807) is 14.2 Å². The predicted molar refractivity (Wildman–Crippen MR) is 86.1 cm³/mol. The van der Waals surface area contributed by atoms with Gasteiger partial charge in [0.1, 0.15) is 11.5 Å². The molecule has 1 aliphatic rings. The number of nitrogens with two attached hydrogens (primary N) is 1. The zero-order chi connectivity index (χ0) is 15.1. The van der Waals surface area contributed by atoms with E-state index in [0.29, 0.717) is 12.5 Å². The van der Waals surface area contributed by atoms with Crippen molar-refractivity contribution in [2.24, 2.45) is 11.7 Å². The first-order chi connectivity index (χ1) is 10.3. The molecule has 2 N–H and O–H groups in total. The lowest BCUT2D eigenvalue weighted by Gasteiger charge is -2.30. The summed E-state index contributed by atoms with van der Waals surface area (Å²) in [6.07, 6.45) is 4.94. The van der Waals surface area contributed by atoms with Gasteiger partial charge in [0.2, 0.25) is 0 Å². The van der Waals surface area contributed by atoms with Crippen LogP contribution < -0.4 is 15.2 Å². The smallest absolute Gasteiger partial charge is 0.122 e. The Hall–Kier alpha value is -1.26. The zero-order valence-corrected chi connectivity index (χ0v) is 13.3. The van der Waals surface area contributed by atoms with Crippen molar-refractivity contribution in [3.05, 3.63) is 23.8 Å². The second kappa shape index (κ2) is 8.25. The largest absolute Gasteiger partial charge is 0.497 e. The van der Waals surface area contributed by atoms with Gasteiger partial charge >= 0.3 is 0 Å². The van der Waals surface area contributed by atoms with E-state index in [4.69, 9.17) is 15.2 Å². The normalized spacial score (nSPS) is 17.5. The Kier molecular flexibility index (Phi) is 6.33. The third-order valence-electron chi connectivity index (χ3n) is 4.29. The van der Waals surface area contributed by atoms with Crippen molar-refractivity contribution in [1.82, 2.24) is 4.90 Å². The summed E-state index contributed by atoms with van der Waals surface area (Å²) >= 11 is 0. The number of ether oxygens (including phenoxy) is 2. The second-order valence-electron chi connectivity index (χ2n) is 5.84. The average molecular weight is 292 g/mol. The quantitative estimate of drug-likeness (QED) is 0.838. The molecule has 4 nitrogen and oxygen atoms in total. The van der Waals surface area contributed by atoms with Gasteiger partial charge in [-0.05, 0) is 68.6 Å². The Balaban J connectivity index is 2.02. The van der Waals surface area contributed by atoms with Crippen LogP contribution in [0.5, 0.6) is 11.5 Å². The number of hydrogen-bond acceptors (Lipinski definition) is 4. The van der Waals surface area contributed by atoms with Gasteiger partial charge in [0.05, 0.1) is 14.2 Å². The fourth-order valence-corrected chi connectivity index (χ4v) is 3.08. The summed E-state index contributed by atoms with van der Waals surface area (Å²) in [7, 11) is 3.41. The topological polar surface area (TPSA) is 47.7 Å². The third kappa shape index (κ3) is 4.61. The molecule has 1 unspecified atom stereocenters. The van der Waals surface area contributed by atoms with E-state index in [1.165, 1.54) is 37.9 Å². The minimum Gasteiger partial charge on any atom is -0.497 e. The van der Waals surface area contributed by atoms with Crippen LogP contribution in [0.1, 0.15) is 24.8 Å². The molecular formula is C17H28N2O2.